The van der Waals surface area contributed by atoms with Gasteiger partial charge < -0.3 is 15.2 Å². The largest absolute Gasteiger partial charge is 0.406 e. The van der Waals surface area contributed by atoms with Crippen LogP contribution in [-0.2, 0) is 6.54 Å². The van der Waals surface area contributed by atoms with Crippen molar-refractivity contribution in [3.05, 3.63) is 34.2 Å². The van der Waals surface area contributed by atoms with Gasteiger partial charge in [0.15, 0.2) is 0 Å². The third kappa shape index (κ3) is 2.99. The highest BCUT2D eigenvalue weighted by Crippen LogP contribution is 2.39. The number of nitrogens with zero attached hydrogens (tertiary/aromatic N) is 2. The molecule has 0 radical (unpaired) electrons. The van der Waals surface area contributed by atoms with Gasteiger partial charge in [-0.05, 0) is 30.9 Å². The lowest BCUT2D eigenvalue weighted by molar-refractivity contribution is -0.141. The Morgan fingerprint density at radius 3 is 2.83 bits per heavy atom. The summed E-state index contributed by atoms with van der Waals surface area (Å²) in [4.78, 5) is 26.2. The molecule has 8 heteroatoms. The maximum atomic E-state index is 12.5. The van der Waals surface area contributed by atoms with Crippen LogP contribution in [0.5, 0.6) is 0 Å². The van der Waals surface area contributed by atoms with Gasteiger partial charge in [0.05, 0.1) is 0 Å². The highest BCUT2D eigenvalue weighted by molar-refractivity contribution is 5.94. The van der Waals surface area contributed by atoms with Gasteiger partial charge in [0.1, 0.15) is 12.1 Å². The number of alkyl halides is 3. The quantitative estimate of drug-likeness (QED) is 0.891. The van der Waals surface area contributed by atoms with E-state index in [1.807, 2.05) is 0 Å². The molecule has 1 amide bonds. The van der Waals surface area contributed by atoms with Crippen LogP contribution < -0.4 is 11.3 Å². The van der Waals surface area contributed by atoms with Crippen LogP contribution in [0, 0.1) is 5.92 Å². The Morgan fingerprint density at radius 2 is 2.17 bits per heavy atom. The topological polar surface area (TPSA) is 68.3 Å². The van der Waals surface area contributed by atoms with Crippen LogP contribution in [0.3, 0.4) is 0 Å². The average molecular weight is 329 g/mol. The Balaban J connectivity index is 1.84. The second-order valence-electron chi connectivity index (χ2n) is 6.48. The van der Waals surface area contributed by atoms with Gasteiger partial charge in [0.25, 0.3) is 11.5 Å². The van der Waals surface area contributed by atoms with Gasteiger partial charge in [-0.3, -0.25) is 9.59 Å². The Hall–Kier alpha value is -1.83. The number of hydrogen-bond donors (Lipinski definition) is 1. The van der Waals surface area contributed by atoms with Gasteiger partial charge in [-0.1, -0.05) is 6.42 Å². The Labute approximate surface area is 130 Å². The molecule has 1 aliphatic carbocycles. The molecule has 0 aromatic carbocycles. The maximum Gasteiger partial charge on any atom is 0.406 e. The lowest BCUT2D eigenvalue weighted by atomic mass is 9.92. The molecule has 1 aromatic heterocycles. The minimum atomic E-state index is -4.52. The maximum absolute atomic E-state index is 12.5. The summed E-state index contributed by atoms with van der Waals surface area (Å²) in [7, 11) is 0. The molecule has 2 aliphatic rings. The summed E-state index contributed by atoms with van der Waals surface area (Å²) in [6, 6.07) is 2.56. The molecule has 2 fully saturated rings. The van der Waals surface area contributed by atoms with E-state index in [1.54, 1.807) is 0 Å². The molecule has 0 bridgehead atoms. The molecule has 5 nitrogen and oxygen atoms in total. The van der Waals surface area contributed by atoms with Gasteiger partial charge in [-0.15, -0.1) is 0 Å². The van der Waals surface area contributed by atoms with Crippen LogP contribution in [0.15, 0.2) is 23.1 Å². The Kier molecular flexibility index (Phi) is 3.74. The number of pyridine rings is 1. The van der Waals surface area contributed by atoms with Crippen molar-refractivity contribution in [2.24, 2.45) is 11.7 Å². The molecule has 0 spiro atoms. The summed E-state index contributed by atoms with van der Waals surface area (Å²) in [6.45, 7) is -0.594. The monoisotopic (exact) mass is 329 g/mol. The lowest BCUT2D eigenvalue weighted by Crippen LogP contribution is -2.45. The van der Waals surface area contributed by atoms with Crippen LogP contribution in [0.25, 0.3) is 0 Å². The van der Waals surface area contributed by atoms with Crippen molar-refractivity contribution >= 4 is 5.91 Å². The molecule has 3 rings (SSSR count). The number of rotatable bonds is 2. The molecular formula is C15H18F3N3O2. The zero-order valence-electron chi connectivity index (χ0n) is 12.5. The van der Waals surface area contributed by atoms with Crippen molar-refractivity contribution in [3.8, 4) is 0 Å². The first-order valence-corrected chi connectivity index (χ1v) is 7.54. The van der Waals surface area contributed by atoms with Crippen molar-refractivity contribution < 1.29 is 18.0 Å². The number of likely N-dealkylation sites (tertiary alicyclic amines) is 1. The minimum Gasteiger partial charge on any atom is -0.336 e. The average Bonchev–Trinajstić information content (AvgIpc) is 2.93. The standard InChI is InChI=1S/C15H18F3N3O2/c16-15(17,18)9-20-6-2-4-11(12(20)22)13(23)21-7-10-3-1-5-14(10,19)8-21/h2,4,6,10H,1,3,5,7-9,19H2. The fraction of sp³-hybridized carbons (Fsp3) is 0.600. The van der Waals surface area contributed by atoms with Crippen LogP contribution in [0.2, 0.25) is 0 Å². The van der Waals surface area contributed by atoms with Crippen LogP contribution in [0.1, 0.15) is 29.6 Å². The number of carbonyl (C=O) groups excluding carboxylic acids is 1. The van der Waals surface area contributed by atoms with Crippen molar-refractivity contribution in [2.75, 3.05) is 13.1 Å². The van der Waals surface area contributed by atoms with Gasteiger partial charge >= 0.3 is 6.18 Å². The number of hydrogen-bond acceptors (Lipinski definition) is 3. The van der Waals surface area contributed by atoms with E-state index in [1.165, 1.54) is 17.0 Å². The SMILES string of the molecule is NC12CCCC1CN(C(=O)c1cccn(CC(F)(F)F)c1=O)C2. The van der Waals surface area contributed by atoms with Crippen molar-refractivity contribution in [1.82, 2.24) is 9.47 Å². The van der Waals surface area contributed by atoms with Gasteiger partial charge in [-0.25, -0.2) is 0 Å². The zero-order chi connectivity index (χ0) is 16.8. The van der Waals surface area contributed by atoms with Crippen molar-refractivity contribution in [1.29, 1.82) is 0 Å². The van der Waals surface area contributed by atoms with Crippen LogP contribution in [-0.4, -0.2) is 40.2 Å². The number of amides is 1. The summed E-state index contributed by atoms with van der Waals surface area (Å²) >= 11 is 0. The predicted molar refractivity (Wildman–Crippen MR) is 76.9 cm³/mol. The molecular weight excluding hydrogens is 311 g/mol. The van der Waals surface area contributed by atoms with E-state index in [9.17, 15) is 22.8 Å². The summed E-state index contributed by atoms with van der Waals surface area (Å²) in [5.41, 5.74) is 4.72. The second kappa shape index (κ2) is 5.36. The molecule has 1 saturated carbocycles. The molecule has 1 saturated heterocycles. The Morgan fingerprint density at radius 1 is 1.43 bits per heavy atom. The first kappa shape index (κ1) is 16.0. The minimum absolute atomic E-state index is 0.201. The van der Waals surface area contributed by atoms with Crippen molar-refractivity contribution in [3.63, 3.8) is 0 Å². The van der Waals surface area contributed by atoms with Crippen LogP contribution >= 0.6 is 0 Å². The molecule has 2 heterocycles. The molecule has 2 atom stereocenters. The van der Waals surface area contributed by atoms with E-state index in [0.717, 1.165) is 25.5 Å². The fourth-order valence-electron chi connectivity index (χ4n) is 3.68. The number of nitrogens with two attached hydrogens (primary N) is 1. The predicted octanol–water partition coefficient (Wildman–Crippen LogP) is 1.36. The van der Waals surface area contributed by atoms with E-state index in [0.29, 0.717) is 17.7 Å². The van der Waals surface area contributed by atoms with E-state index in [4.69, 9.17) is 5.73 Å². The molecule has 2 N–H and O–H groups in total. The normalized spacial score (nSPS) is 27.3. The van der Waals surface area contributed by atoms with Gasteiger partial charge in [0.2, 0.25) is 0 Å². The summed E-state index contributed by atoms with van der Waals surface area (Å²) < 4.78 is 38.0. The zero-order valence-corrected chi connectivity index (χ0v) is 12.5. The van der Waals surface area contributed by atoms with Gasteiger partial charge in [0, 0.05) is 24.8 Å². The molecule has 2 unspecified atom stereocenters. The lowest BCUT2D eigenvalue weighted by Gasteiger charge is -2.23. The van der Waals surface area contributed by atoms with E-state index >= 15 is 0 Å². The highest BCUT2D eigenvalue weighted by Gasteiger charge is 2.48. The van der Waals surface area contributed by atoms with Crippen LogP contribution in [0.4, 0.5) is 13.2 Å². The van der Waals surface area contributed by atoms with E-state index in [-0.39, 0.29) is 11.5 Å². The highest BCUT2D eigenvalue weighted by atomic mass is 19.4. The Bertz CT molecular complexity index is 685. The fourth-order valence-corrected chi connectivity index (χ4v) is 3.68. The smallest absolute Gasteiger partial charge is 0.336 e. The molecule has 1 aromatic rings. The third-order valence-corrected chi connectivity index (χ3v) is 4.82. The first-order valence-electron chi connectivity index (χ1n) is 7.54. The number of aromatic nitrogens is 1. The van der Waals surface area contributed by atoms with E-state index < -0.39 is 29.7 Å². The summed E-state index contributed by atoms with van der Waals surface area (Å²) in [6.07, 6.45) is -0.692. The molecule has 23 heavy (non-hydrogen) atoms. The van der Waals surface area contributed by atoms with Gasteiger partial charge in [-0.2, -0.15) is 13.2 Å². The summed E-state index contributed by atoms with van der Waals surface area (Å²) in [5, 5.41) is 0. The number of carbonyl (C=O) groups is 1. The third-order valence-electron chi connectivity index (χ3n) is 4.82. The summed E-state index contributed by atoms with van der Waals surface area (Å²) in [5.74, 6) is -0.335. The molecule has 1 aliphatic heterocycles. The number of fused-ring (bicyclic) bond motifs is 1. The first-order chi connectivity index (χ1) is 10.7. The second-order valence-corrected chi connectivity index (χ2v) is 6.48. The van der Waals surface area contributed by atoms with Crippen molar-refractivity contribution in [2.45, 2.75) is 37.5 Å². The number of halogens is 3. The van der Waals surface area contributed by atoms with E-state index in [2.05, 4.69) is 0 Å². The molecule has 126 valence electrons.